The Morgan fingerprint density at radius 3 is 2.19 bits per heavy atom. The third kappa shape index (κ3) is 4.45. The first-order chi connectivity index (χ1) is 14.8. The van der Waals surface area contributed by atoms with Crippen molar-refractivity contribution in [2.45, 2.75) is 73.3 Å². The van der Waals surface area contributed by atoms with Crippen LogP contribution in [0.15, 0.2) is 0 Å². The summed E-state index contributed by atoms with van der Waals surface area (Å²) in [6.45, 7) is 1.92. The van der Waals surface area contributed by atoms with Crippen LogP contribution in [0.25, 0.3) is 0 Å². The molecule has 0 aliphatic carbocycles. The summed E-state index contributed by atoms with van der Waals surface area (Å²) in [5, 5.41) is 49.9. The van der Waals surface area contributed by atoms with Gasteiger partial charge in [0.1, 0.15) is 50.1 Å². The molecule has 5 N–H and O–H groups in total. The largest absolute Gasteiger partial charge is 0.434 e. The van der Waals surface area contributed by atoms with E-state index in [0.717, 1.165) is 0 Å². The maximum Gasteiger partial charge on any atom is 0.307 e. The third-order valence-electron chi connectivity index (χ3n) is 6.98. The summed E-state index contributed by atoms with van der Waals surface area (Å²) >= 11 is 0. The summed E-state index contributed by atoms with van der Waals surface area (Å²) in [5.74, 6) is -0.186. The molecule has 4 fully saturated rings. The summed E-state index contributed by atoms with van der Waals surface area (Å²) in [4.78, 5) is 0. The highest BCUT2D eigenvalue weighted by atomic mass is 16.6. The standard InChI is InChI=1S/C17H31B3O11/c1-6-9(22)7(2-28-20-16-12-13(25)17(4-21,31-16)5-26-12)30-15(6)19-27-3-8-10(23)11(24)14(18)29-8/h6-16,19-25H,2-5,18H2,1H3/t6-,7-,8-,9+,10+,11-,12-,13+,14-,15-,16-,17+/m1/s1. The van der Waals surface area contributed by atoms with Crippen LogP contribution < -0.4 is 0 Å². The second-order valence-electron chi connectivity index (χ2n) is 9.10. The molecule has 31 heavy (non-hydrogen) atoms. The average Bonchev–Trinajstić information content (AvgIpc) is 3.40. The maximum absolute atomic E-state index is 10.5. The van der Waals surface area contributed by atoms with Crippen LogP contribution in [-0.2, 0) is 28.3 Å². The van der Waals surface area contributed by atoms with Crippen molar-refractivity contribution in [1.82, 2.24) is 0 Å². The van der Waals surface area contributed by atoms with Crippen molar-refractivity contribution in [2.75, 3.05) is 26.4 Å². The van der Waals surface area contributed by atoms with Gasteiger partial charge in [0.15, 0.2) is 0 Å². The van der Waals surface area contributed by atoms with Gasteiger partial charge in [-0.05, 0) is 0 Å². The molecular weight excluding hydrogens is 413 g/mol. The van der Waals surface area contributed by atoms with Crippen molar-refractivity contribution < 1.29 is 53.8 Å². The Bertz CT molecular complexity index is 620. The van der Waals surface area contributed by atoms with Gasteiger partial charge < -0.3 is 53.8 Å². The monoisotopic (exact) mass is 444 g/mol. The summed E-state index contributed by atoms with van der Waals surface area (Å²) in [7, 11) is 2.04. The van der Waals surface area contributed by atoms with E-state index in [9.17, 15) is 25.5 Å². The molecule has 2 bridgehead atoms. The van der Waals surface area contributed by atoms with Crippen LogP contribution in [0.3, 0.4) is 0 Å². The molecule has 0 amide bonds. The molecule has 14 heteroatoms. The highest BCUT2D eigenvalue weighted by molar-refractivity contribution is 6.30. The highest BCUT2D eigenvalue weighted by Gasteiger charge is 2.61. The predicted molar refractivity (Wildman–Crippen MR) is 110 cm³/mol. The van der Waals surface area contributed by atoms with Crippen LogP contribution in [0.5, 0.6) is 0 Å². The fourth-order valence-corrected chi connectivity index (χ4v) is 4.79. The minimum Gasteiger partial charge on any atom is -0.434 e. The Morgan fingerprint density at radius 2 is 1.61 bits per heavy atom. The Labute approximate surface area is 182 Å². The number of fused-ring (bicyclic) bond motifs is 2. The minimum atomic E-state index is -1.08. The molecule has 0 aromatic heterocycles. The van der Waals surface area contributed by atoms with Crippen LogP contribution in [0.1, 0.15) is 6.92 Å². The summed E-state index contributed by atoms with van der Waals surface area (Å²) in [6, 6.07) is -1.31. The first kappa shape index (κ1) is 23.9. The molecule has 4 saturated heterocycles. The van der Waals surface area contributed by atoms with Gasteiger partial charge in [0, 0.05) is 5.92 Å². The van der Waals surface area contributed by atoms with Crippen molar-refractivity contribution in [3.05, 3.63) is 0 Å². The number of hydrogen-bond acceptors (Lipinski definition) is 11. The quantitative estimate of drug-likeness (QED) is 0.216. The van der Waals surface area contributed by atoms with Gasteiger partial charge in [-0.25, -0.2) is 0 Å². The van der Waals surface area contributed by atoms with Gasteiger partial charge in [-0.2, -0.15) is 0 Å². The van der Waals surface area contributed by atoms with Gasteiger partial charge in [-0.3, -0.25) is 0 Å². The van der Waals surface area contributed by atoms with Crippen molar-refractivity contribution in [2.24, 2.45) is 5.92 Å². The van der Waals surface area contributed by atoms with Gasteiger partial charge in [0.05, 0.1) is 50.5 Å². The molecule has 0 spiro atoms. The van der Waals surface area contributed by atoms with Gasteiger partial charge in [-0.15, -0.1) is 0 Å². The third-order valence-corrected chi connectivity index (χ3v) is 6.98. The van der Waals surface area contributed by atoms with E-state index in [1.54, 1.807) is 7.85 Å². The van der Waals surface area contributed by atoms with Gasteiger partial charge in [0.2, 0.25) is 0 Å². The summed E-state index contributed by atoms with van der Waals surface area (Å²) < 4.78 is 33.9. The predicted octanol–water partition coefficient (Wildman–Crippen LogP) is -5.63. The van der Waals surface area contributed by atoms with Crippen LogP contribution in [0.2, 0.25) is 0 Å². The second-order valence-corrected chi connectivity index (χ2v) is 9.10. The van der Waals surface area contributed by atoms with E-state index in [-0.39, 0.29) is 53.3 Å². The molecule has 0 aromatic rings. The van der Waals surface area contributed by atoms with Gasteiger partial charge in [0.25, 0.3) is 0 Å². The van der Waals surface area contributed by atoms with Gasteiger partial charge in [-0.1, -0.05) is 6.92 Å². The van der Waals surface area contributed by atoms with Crippen LogP contribution >= 0.6 is 0 Å². The van der Waals surface area contributed by atoms with Crippen LogP contribution in [0.4, 0.5) is 0 Å². The molecule has 12 atom stereocenters. The SMILES string of the molecule is B[C@@H]1O[C@H](COB[C@@H]2O[C@H](COB[C@@H]3O[C@@]4(CO)CO[C@@H]3[C@@H]4O)[C@@H](O)[C@H]2C)[C@H](O)[C@H]1O. The lowest BCUT2D eigenvalue weighted by Crippen LogP contribution is -2.45. The molecule has 4 heterocycles. The Hall–Kier alpha value is -0.245. The second kappa shape index (κ2) is 9.55. The lowest BCUT2D eigenvalue weighted by atomic mass is 9.80. The lowest BCUT2D eigenvalue weighted by molar-refractivity contribution is -0.140. The number of hydrogen-bond donors (Lipinski definition) is 5. The molecule has 0 saturated carbocycles. The molecule has 174 valence electrons. The normalized spacial score (nSPS) is 51.5. The minimum absolute atomic E-state index is 0.113. The van der Waals surface area contributed by atoms with Crippen LogP contribution in [0, 0.1) is 5.92 Å². The van der Waals surface area contributed by atoms with Crippen molar-refractivity contribution in [3.8, 4) is 0 Å². The molecule has 0 aromatic carbocycles. The first-order valence-electron chi connectivity index (χ1n) is 10.9. The Balaban J connectivity index is 1.18. The zero-order chi connectivity index (χ0) is 22.3. The fraction of sp³-hybridized carbons (Fsp3) is 1.00. The van der Waals surface area contributed by atoms with Crippen molar-refractivity contribution in [3.63, 3.8) is 0 Å². The fourth-order valence-electron chi connectivity index (χ4n) is 4.79. The van der Waals surface area contributed by atoms with E-state index < -0.39 is 60.3 Å². The topological polar surface area (TPSA) is 157 Å². The first-order valence-corrected chi connectivity index (χ1v) is 10.9. The van der Waals surface area contributed by atoms with Gasteiger partial charge >= 0.3 is 15.0 Å². The number of aliphatic hydroxyl groups is 5. The number of rotatable bonds is 9. The zero-order valence-electron chi connectivity index (χ0n) is 17.8. The van der Waals surface area contributed by atoms with Crippen LogP contribution in [-0.4, -0.2) is 141 Å². The highest BCUT2D eigenvalue weighted by Crippen LogP contribution is 2.39. The van der Waals surface area contributed by atoms with E-state index >= 15 is 0 Å². The van der Waals surface area contributed by atoms with E-state index in [1.165, 1.54) is 0 Å². The number of ether oxygens (including phenoxy) is 4. The average molecular weight is 444 g/mol. The summed E-state index contributed by atoms with van der Waals surface area (Å²) in [5.41, 5.74) is -1.08. The zero-order valence-corrected chi connectivity index (χ0v) is 17.8. The maximum atomic E-state index is 10.5. The van der Waals surface area contributed by atoms with Crippen molar-refractivity contribution >= 4 is 22.8 Å². The molecule has 4 aliphatic heterocycles. The lowest BCUT2D eigenvalue weighted by Gasteiger charge is -2.28. The summed E-state index contributed by atoms with van der Waals surface area (Å²) in [6.07, 6.45) is -5.26. The van der Waals surface area contributed by atoms with E-state index in [4.69, 9.17) is 28.3 Å². The van der Waals surface area contributed by atoms with E-state index in [0.29, 0.717) is 0 Å². The van der Waals surface area contributed by atoms with Crippen molar-refractivity contribution in [1.29, 1.82) is 0 Å². The smallest absolute Gasteiger partial charge is 0.307 e. The van der Waals surface area contributed by atoms with E-state index in [1.807, 2.05) is 6.92 Å². The molecular formula is C17H31B3O11. The molecule has 11 nitrogen and oxygen atoms in total. The molecule has 0 radical (unpaired) electrons. The Kier molecular flexibility index (Phi) is 7.36. The molecule has 4 aliphatic rings. The molecule has 0 unspecified atom stereocenters. The Morgan fingerprint density at radius 1 is 0.968 bits per heavy atom. The number of aliphatic hydroxyl groups excluding tert-OH is 5. The molecule has 4 rings (SSSR count). The van der Waals surface area contributed by atoms with E-state index in [2.05, 4.69) is 0 Å².